The number of hydrogen-bond acceptors (Lipinski definition) is 3. The van der Waals surface area contributed by atoms with Crippen LogP contribution in [0.5, 0.6) is 0 Å². The Morgan fingerprint density at radius 2 is 2.22 bits per heavy atom. The summed E-state index contributed by atoms with van der Waals surface area (Å²) in [6.45, 7) is 1.30. The van der Waals surface area contributed by atoms with Crippen LogP contribution < -0.4 is 10.6 Å². The normalized spacial score (nSPS) is 23.4. The number of hydrogen-bond donors (Lipinski definition) is 2. The van der Waals surface area contributed by atoms with Crippen molar-refractivity contribution in [3.63, 3.8) is 0 Å². The smallest absolute Gasteiger partial charge is 0.407 e. The second kappa shape index (κ2) is 6.35. The van der Waals surface area contributed by atoms with E-state index in [4.69, 9.17) is 4.74 Å². The minimum Gasteiger partial charge on any atom is -0.445 e. The van der Waals surface area contributed by atoms with E-state index in [2.05, 4.69) is 10.6 Å². The van der Waals surface area contributed by atoms with Crippen LogP contribution >= 0.6 is 0 Å². The van der Waals surface area contributed by atoms with Gasteiger partial charge in [0.15, 0.2) is 0 Å². The minimum absolute atomic E-state index is 0.198. The number of rotatable bonds is 3. The number of ether oxygens (including phenoxy) is 1. The summed E-state index contributed by atoms with van der Waals surface area (Å²) in [5.74, 6) is 0. The number of amides is 1. The molecule has 0 saturated carbocycles. The average molecular weight is 252 g/mol. The molecule has 0 bridgehead atoms. The van der Waals surface area contributed by atoms with Crippen LogP contribution in [0.25, 0.3) is 0 Å². The third-order valence-electron chi connectivity index (χ3n) is 2.91. The van der Waals surface area contributed by atoms with Gasteiger partial charge in [0.2, 0.25) is 0 Å². The van der Waals surface area contributed by atoms with Gasteiger partial charge >= 0.3 is 6.09 Å². The Morgan fingerprint density at radius 3 is 2.94 bits per heavy atom. The minimum atomic E-state index is -1.00. The maximum atomic E-state index is 13.5. The summed E-state index contributed by atoms with van der Waals surface area (Å²) in [5, 5.41) is 5.57. The zero-order valence-electron chi connectivity index (χ0n) is 10.1. The van der Waals surface area contributed by atoms with Crippen LogP contribution in [0.2, 0.25) is 0 Å². The zero-order chi connectivity index (χ0) is 12.8. The van der Waals surface area contributed by atoms with E-state index < -0.39 is 18.3 Å². The molecule has 0 aromatic heterocycles. The number of alkyl halides is 1. The van der Waals surface area contributed by atoms with Gasteiger partial charge in [0, 0.05) is 6.54 Å². The van der Waals surface area contributed by atoms with Gasteiger partial charge in [0.05, 0.1) is 6.04 Å². The molecule has 1 aliphatic rings. The maximum Gasteiger partial charge on any atom is 0.407 e. The predicted molar refractivity (Wildman–Crippen MR) is 65.9 cm³/mol. The fraction of sp³-hybridized carbons (Fsp3) is 0.462. The topological polar surface area (TPSA) is 50.4 Å². The molecule has 98 valence electrons. The third kappa shape index (κ3) is 3.70. The van der Waals surface area contributed by atoms with Crippen molar-refractivity contribution >= 4 is 6.09 Å². The van der Waals surface area contributed by atoms with Crippen LogP contribution in [0.1, 0.15) is 12.0 Å². The molecule has 0 radical (unpaired) electrons. The Balaban J connectivity index is 1.75. The Kier molecular flexibility index (Phi) is 4.52. The number of carbonyl (C=O) groups excluding carboxylic acids is 1. The molecule has 2 atom stereocenters. The van der Waals surface area contributed by atoms with E-state index in [0.717, 1.165) is 5.56 Å². The van der Waals surface area contributed by atoms with Gasteiger partial charge in [0.25, 0.3) is 0 Å². The fourth-order valence-electron chi connectivity index (χ4n) is 1.88. The largest absolute Gasteiger partial charge is 0.445 e. The van der Waals surface area contributed by atoms with Gasteiger partial charge in [-0.1, -0.05) is 30.3 Å². The summed E-state index contributed by atoms with van der Waals surface area (Å²) >= 11 is 0. The second-order valence-corrected chi connectivity index (χ2v) is 4.32. The first-order chi connectivity index (χ1) is 8.75. The molecule has 1 aromatic carbocycles. The summed E-state index contributed by atoms with van der Waals surface area (Å²) in [6, 6.07) is 8.88. The second-order valence-electron chi connectivity index (χ2n) is 4.32. The summed E-state index contributed by atoms with van der Waals surface area (Å²) in [5.41, 5.74) is 0.909. The highest BCUT2D eigenvalue weighted by atomic mass is 19.1. The lowest BCUT2D eigenvalue weighted by molar-refractivity contribution is 0.122. The molecule has 0 spiro atoms. The molecule has 1 fully saturated rings. The summed E-state index contributed by atoms with van der Waals surface area (Å²) in [6.07, 6.45) is -1.16. The highest BCUT2D eigenvalue weighted by Crippen LogP contribution is 2.08. The molecule has 1 heterocycles. The van der Waals surface area contributed by atoms with Crippen molar-refractivity contribution < 1.29 is 13.9 Å². The monoisotopic (exact) mass is 252 g/mol. The number of carbonyl (C=O) groups is 1. The fourth-order valence-corrected chi connectivity index (χ4v) is 1.88. The van der Waals surface area contributed by atoms with Crippen LogP contribution in [-0.2, 0) is 11.3 Å². The van der Waals surface area contributed by atoms with Crippen molar-refractivity contribution in [2.45, 2.75) is 25.2 Å². The van der Waals surface area contributed by atoms with Gasteiger partial charge < -0.3 is 15.4 Å². The molecule has 0 unspecified atom stereocenters. The Hall–Kier alpha value is -1.62. The molecule has 2 N–H and O–H groups in total. The first-order valence-electron chi connectivity index (χ1n) is 6.07. The third-order valence-corrected chi connectivity index (χ3v) is 2.91. The summed E-state index contributed by atoms with van der Waals surface area (Å²) in [4.78, 5) is 11.5. The average Bonchev–Trinajstić information content (AvgIpc) is 2.40. The molecule has 2 rings (SSSR count). The lowest BCUT2D eigenvalue weighted by Crippen LogP contribution is -2.52. The van der Waals surface area contributed by atoms with Crippen LogP contribution in [0.15, 0.2) is 30.3 Å². The van der Waals surface area contributed by atoms with Crippen LogP contribution in [0.4, 0.5) is 9.18 Å². The SMILES string of the molecule is O=C(N[C@@H]1CNCC[C@H]1F)OCc1ccccc1. The molecule has 1 saturated heterocycles. The molecular weight excluding hydrogens is 235 g/mol. The Labute approximate surface area is 106 Å². The highest BCUT2D eigenvalue weighted by Gasteiger charge is 2.26. The molecule has 0 aliphatic carbocycles. The first kappa shape index (κ1) is 12.8. The molecule has 5 heteroatoms. The lowest BCUT2D eigenvalue weighted by atomic mass is 10.1. The van der Waals surface area contributed by atoms with E-state index >= 15 is 0 Å². The number of nitrogens with one attached hydrogen (secondary N) is 2. The first-order valence-corrected chi connectivity index (χ1v) is 6.07. The van der Waals surface area contributed by atoms with Gasteiger partial charge in [-0.2, -0.15) is 0 Å². The van der Waals surface area contributed by atoms with Gasteiger partial charge in [-0.25, -0.2) is 9.18 Å². The molecule has 1 amide bonds. The maximum absolute atomic E-state index is 13.5. The van der Waals surface area contributed by atoms with Crippen molar-refractivity contribution in [1.82, 2.24) is 10.6 Å². The Morgan fingerprint density at radius 1 is 1.44 bits per heavy atom. The molecule has 1 aromatic rings. The van der Waals surface area contributed by atoms with Crippen molar-refractivity contribution in [3.8, 4) is 0 Å². The quantitative estimate of drug-likeness (QED) is 0.859. The highest BCUT2D eigenvalue weighted by molar-refractivity contribution is 5.67. The van der Waals surface area contributed by atoms with Crippen LogP contribution in [0.3, 0.4) is 0 Å². The van der Waals surface area contributed by atoms with Crippen molar-refractivity contribution in [3.05, 3.63) is 35.9 Å². The van der Waals surface area contributed by atoms with Crippen LogP contribution in [0, 0.1) is 0 Å². The summed E-state index contributed by atoms with van der Waals surface area (Å²) in [7, 11) is 0. The number of benzene rings is 1. The van der Waals surface area contributed by atoms with Crippen molar-refractivity contribution in [1.29, 1.82) is 0 Å². The van der Waals surface area contributed by atoms with Crippen molar-refractivity contribution in [2.24, 2.45) is 0 Å². The lowest BCUT2D eigenvalue weighted by Gasteiger charge is -2.27. The van der Waals surface area contributed by atoms with E-state index in [0.29, 0.717) is 19.5 Å². The van der Waals surface area contributed by atoms with Crippen LogP contribution in [-0.4, -0.2) is 31.4 Å². The van der Waals surface area contributed by atoms with E-state index in [1.54, 1.807) is 0 Å². The molecule has 18 heavy (non-hydrogen) atoms. The standard InChI is InChI=1S/C13H17FN2O2/c14-11-6-7-15-8-12(11)16-13(17)18-9-10-4-2-1-3-5-10/h1-5,11-12,15H,6-9H2,(H,16,17)/t11-,12-/m1/s1. The van der Waals surface area contributed by atoms with E-state index in [9.17, 15) is 9.18 Å². The Bertz CT molecular complexity index is 386. The van der Waals surface area contributed by atoms with E-state index in [1.165, 1.54) is 0 Å². The van der Waals surface area contributed by atoms with Crippen molar-refractivity contribution in [2.75, 3.05) is 13.1 Å². The zero-order valence-corrected chi connectivity index (χ0v) is 10.1. The van der Waals surface area contributed by atoms with E-state index in [1.807, 2.05) is 30.3 Å². The van der Waals surface area contributed by atoms with Gasteiger partial charge in [-0.3, -0.25) is 0 Å². The number of halogens is 1. The van der Waals surface area contributed by atoms with E-state index in [-0.39, 0.29) is 6.61 Å². The molecule has 1 aliphatic heterocycles. The van der Waals surface area contributed by atoms with Gasteiger partial charge in [0.1, 0.15) is 12.8 Å². The van der Waals surface area contributed by atoms with Gasteiger partial charge in [-0.05, 0) is 18.5 Å². The number of alkyl carbamates (subject to hydrolysis) is 1. The molecular formula is C13H17FN2O2. The number of piperidine rings is 1. The van der Waals surface area contributed by atoms with Gasteiger partial charge in [-0.15, -0.1) is 0 Å². The molecule has 4 nitrogen and oxygen atoms in total. The summed E-state index contributed by atoms with van der Waals surface area (Å²) < 4.78 is 18.5. The predicted octanol–water partition coefficient (Wildman–Crippen LogP) is 1.61.